The molecule has 18 heavy (non-hydrogen) atoms. The first-order chi connectivity index (χ1) is 8.69. The molecule has 0 aliphatic carbocycles. The lowest BCUT2D eigenvalue weighted by molar-refractivity contribution is -0.384. The molecule has 0 atom stereocenters. The second-order valence-corrected chi connectivity index (χ2v) is 4.40. The van der Waals surface area contributed by atoms with Crippen LogP contribution in [0.5, 0.6) is 0 Å². The molecule has 0 bridgehead atoms. The summed E-state index contributed by atoms with van der Waals surface area (Å²) in [7, 11) is 0. The second kappa shape index (κ2) is 5.54. The van der Waals surface area contributed by atoms with Gasteiger partial charge in [-0.05, 0) is 5.56 Å². The Morgan fingerprint density at radius 2 is 2.11 bits per heavy atom. The van der Waals surface area contributed by atoms with Crippen molar-refractivity contribution < 1.29 is 4.92 Å². The first-order valence-electron chi connectivity index (χ1n) is 5.49. The molecule has 0 aliphatic heterocycles. The summed E-state index contributed by atoms with van der Waals surface area (Å²) in [6.45, 7) is 2.58. The normalized spacial score (nSPS) is 10.3. The van der Waals surface area contributed by atoms with Crippen LogP contribution >= 0.6 is 11.5 Å². The topological polar surface area (TPSA) is 81.0 Å². The van der Waals surface area contributed by atoms with Gasteiger partial charge in [-0.15, -0.1) is 0 Å². The minimum Gasteiger partial charge on any atom is -0.356 e. The van der Waals surface area contributed by atoms with Crippen molar-refractivity contribution in [1.29, 1.82) is 0 Å². The molecule has 0 radical (unpaired) electrons. The van der Waals surface area contributed by atoms with Gasteiger partial charge in [0.05, 0.1) is 4.92 Å². The SMILES string of the molecule is CCc1nsc(NCc2ccc([N+](=O)[O-])cc2)n1. The molecule has 1 aromatic heterocycles. The summed E-state index contributed by atoms with van der Waals surface area (Å²) in [5.41, 5.74) is 1.07. The zero-order valence-electron chi connectivity index (χ0n) is 9.79. The van der Waals surface area contributed by atoms with Crippen molar-refractivity contribution >= 4 is 22.4 Å². The standard InChI is InChI=1S/C11H12N4O2S/c1-2-10-13-11(18-14-10)12-7-8-3-5-9(6-4-8)15(16)17/h3-6H,2,7H2,1H3,(H,12,13,14). The Bertz CT molecular complexity index is 538. The monoisotopic (exact) mass is 264 g/mol. The van der Waals surface area contributed by atoms with E-state index in [2.05, 4.69) is 14.7 Å². The molecule has 0 fully saturated rings. The predicted octanol–water partition coefficient (Wildman–Crippen LogP) is 2.62. The summed E-state index contributed by atoms with van der Waals surface area (Å²) in [6, 6.07) is 6.45. The number of hydrogen-bond donors (Lipinski definition) is 1. The average molecular weight is 264 g/mol. The third-order valence-electron chi connectivity index (χ3n) is 2.38. The molecule has 0 saturated carbocycles. The van der Waals surface area contributed by atoms with E-state index >= 15 is 0 Å². The van der Waals surface area contributed by atoms with Crippen LogP contribution in [0.1, 0.15) is 18.3 Å². The summed E-state index contributed by atoms with van der Waals surface area (Å²) in [5, 5.41) is 14.4. The Balaban J connectivity index is 1.95. The smallest absolute Gasteiger partial charge is 0.269 e. The summed E-state index contributed by atoms with van der Waals surface area (Å²) in [5.74, 6) is 0.825. The minimum absolute atomic E-state index is 0.0999. The van der Waals surface area contributed by atoms with E-state index in [0.29, 0.717) is 6.54 Å². The van der Waals surface area contributed by atoms with Gasteiger partial charge in [-0.2, -0.15) is 4.37 Å². The predicted molar refractivity (Wildman–Crippen MR) is 69.7 cm³/mol. The lowest BCUT2D eigenvalue weighted by Crippen LogP contribution is -1.99. The quantitative estimate of drug-likeness (QED) is 0.663. The van der Waals surface area contributed by atoms with Crippen LogP contribution in [0.2, 0.25) is 0 Å². The molecule has 2 aromatic rings. The van der Waals surface area contributed by atoms with Crippen LogP contribution in [0.3, 0.4) is 0 Å². The highest BCUT2D eigenvalue weighted by Gasteiger charge is 2.05. The van der Waals surface area contributed by atoms with Gasteiger partial charge in [-0.25, -0.2) is 4.98 Å². The van der Waals surface area contributed by atoms with Gasteiger partial charge >= 0.3 is 0 Å². The molecule has 0 saturated heterocycles. The third-order valence-corrected chi connectivity index (χ3v) is 3.09. The third kappa shape index (κ3) is 3.01. The van der Waals surface area contributed by atoms with E-state index in [1.165, 1.54) is 23.7 Å². The van der Waals surface area contributed by atoms with Crippen LogP contribution in [0.4, 0.5) is 10.8 Å². The number of aryl methyl sites for hydroxylation is 1. The van der Waals surface area contributed by atoms with Gasteiger partial charge in [0.15, 0.2) is 0 Å². The molecule has 1 aromatic carbocycles. The molecule has 1 heterocycles. The highest BCUT2D eigenvalue weighted by atomic mass is 32.1. The Labute approximate surface area is 108 Å². The van der Waals surface area contributed by atoms with Gasteiger partial charge in [0.1, 0.15) is 5.82 Å². The highest BCUT2D eigenvalue weighted by Crippen LogP contribution is 2.15. The first-order valence-corrected chi connectivity index (χ1v) is 6.26. The zero-order chi connectivity index (χ0) is 13.0. The van der Waals surface area contributed by atoms with E-state index < -0.39 is 4.92 Å². The maximum atomic E-state index is 10.5. The molecule has 6 nitrogen and oxygen atoms in total. The van der Waals surface area contributed by atoms with Crippen molar-refractivity contribution in [1.82, 2.24) is 9.36 Å². The molecular formula is C11H12N4O2S. The maximum absolute atomic E-state index is 10.5. The van der Waals surface area contributed by atoms with Crippen LogP contribution < -0.4 is 5.32 Å². The number of nitro benzene ring substituents is 1. The van der Waals surface area contributed by atoms with Gasteiger partial charge in [0, 0.05) is 36.6 Å². The van der Waals surface area contributed by atoms with Gasteiger partial charge in [-0.1, -0.05) is 19.1 Å². The zero-order valence-corrected chi connectivity index (χ0v) is 10.6. The molecule has 7 heteroatoms. The lowest BCUT2D eigenvalue weighted by Gasteiger charge is -2.01. The minimum atomic E-state index is -0.407. The van der Waals surface area contributed by atoms with Crippen LogP contribution in [-0.2, 0) is 13.0 Å². The summed E-state index contributed by atoms with van der Waals surface area (Å²) >= 11 is 1.32. The van der Waals surface area contributed by atoms with Gasteiger partial charge < -0.3 is 5.32 Å². The number of rotatable bonds is 5. The molecule has 0 unspecified atom stereocenters. The molecule has 94 valence electrons. The number of nitrogens with zero attached hydrogens (tertiary/aromatic N) is 3. The van der Waals surface area contributed by atoms with Crippen molar-refractivity contribution in [2.45, 2.75) is 19.9 Å². The average Bonchev–Trinajstić information content (AvgIpc) is 2.85. The molecular weight excluding hydrogens is 252 g/mol. The van der Waals surface area contributed by atoms with Gasteiger partial charge in [0.2, 0.25) is 5.13 Å². The first kappa shape index (κ1) is 12.4. The van der Waals surface area contributed by atoms with E-state index in [1.54, 1.807) is 12.1 Å². The van der Waals surface area contributed by atoms with E-state index in [4.69, 9.17) is 0 Å². The second-order valence-electron chi connectivity index (χ2n) is 3.65. The van der Waals surface area contributed by atoms with Crippen LogP contribution in [0.15, 0.2) is 24.3 Å². The molecule has 0 amide bonds. The van der Waals surface area contributed by atoms with Crippen LogP contribution in [0, 0.1) is 10.1 Å². The Morgan fingerprint density at radius 3 is 2.67 bits per heavy atom. The Morgan fingerprint density at radius 1 is 1.39 bits per heavy atom. The number of hydrogen-bond acceptors (Lipinski definition) is 6. The Kier molecular flexibility index (Phi) is 3.83. The van der Waals surface area contributed by atoms with E-state index in [9.17, 15) is 10.1 Å². The highest BCUT2D eigenvalue weighted by molar-refractivity contribution is 7.09. The maximum Gasteiger partial charge on any atom is 0.269 e. The van der Waals surface area contributed by atoms with Crippen LogP contribution in [0.25, 0.3) is 0 Å². The van der Waals surface area contributed by atoms with Crippen LogP contribution in [-0.4, -0.2) is 14.3 Å². The summed E-state index contributed by atoms with van der Waals surface area (Å²) < 4.78 is 4.16. The van der Waals surface area contributed by atoms with Crippen molar-refractivity contribution in [3.63, 3.8) is 0 Å². The fraction of sp³-hybridized carbons (Fsp3) is 0.273. The number of anilines is 1. The van der Waals surface area contributed by atoms with Crippen molar-refractivity contribution in [3.8, 4) is 0 Å². The number of aromatic nitrogens is 2. The Hall–Kier alpha value is -2.02. The fourth-order valence-corrected chi connectivity index (χ4v) is 2.03. The van der Waals surface area contributed by atoms with Gasteiger partial charge in [-0.3, -0.25) is 10.1 Å². The van der Waals surface area contributed by atoms with E-state index in [1.807, 2.05) is 6.92 Å². The number of benzene rings is 1. The molecule has 0 aliphatic rings. The molecule has 2 rings (SSSR count). The number of non-ortho nitro benzene ring substituents is 1. The van der Waals surface area contributed by atoms with Crippen molar-refractivity contribution in [2.24, 2.45) is 0 Å². The van der Waals surface area contributed by atoms with E-state index in [-0.39, 0.29) is 5.69 Å². The van der Waals surface area contributed by atoms with Gasteiger partial charge in [0.25, 0.3) is 5.69 Å². The van der Waals surface area contributed by atoms with Crippen molar-refractivity contribution in [3.05, 3.63) is 45.8 Å². The molecule has 1 N–H and O–H groups in total. The molecule has 0 spiro atoms. The number of nitro groups is 1. The summed E-state index contributed by atoms with van der Waals surface area (Å²) in [4.78, 5) is 14.4. The summed E-state index contributed by atoms with van der Waals surface area (Å²) in [6.07, 6.45) is 0.815. The largest absolute Gasteiger partial charge is 0.356 e. The lowest BCUT2D eigenvalue weighted by atomic mass is 10.2. The van der Waals surface area contributed by atoms with E-state index in [0.717, 1.165) is 22.9 Å². The fourth-order valence-electron chi connectivity index (χ4n) is 1.38. The number of nitrogens with one attached hydrogen (secondary N) is 1. The van der Waals surface area contributed by atoms with Crippen molar-refractivity contribution in [2.75, 3.05) is 5.32 Å².